The number of carbonyl (C=O) groups excluding carboxylic acids is 2. The van der Waals surface area contributed by atoms with Crippen molar-refractivity contribution >= 4 is 11.8 Å². The summed E-state index contributed by atoms with van der Waals surface area (Å²) < 4.78 is 10.6. The zero-order valence-electron chi connectivity index (χ0n) is 11.7. The van der Waals surface area contributed by atoms with Gasteiger partial charge in [-0.25, -0.2) is 4.79 Å². The Hall–Kier alpha value is -2.10. The summed E-state index contributed by atoms with van der Waals surface area (Å²) in [6.07, 6.45) is 4.56. The minimum atomic E-state index is -0.512. The molecule has 20 heavy (non-hydrogen) atoms. The second-order valence-electron chi connectivity index (χ2n) is 5.83. The van der Waals surface area contributed by atoms with E-state index in [9.17, 15) is 9.59 Å². The van der Waals surface area contributed by atoms with Crippen molar-refractivity contribution in [3.8, 4) is 0 Å². The van der Waals surface area contributed by atoms with Gasteiger partial charge in [-0.1, -0.05) is 12.5 Å². The first-order chi connectivity index (χ1) is 9.43. The fraction of sp³-hybridized carbons (Fsp3) is 0.375. The van der Waals surface area contributed by atoms with Gasteiger partial charge in [-0.3, -0.25) is 4.79 Å². The van der Waals surface area contributed by atoms with E-state index in [0.29, 0.717) is 12.0 Å². The summed E-state index contributed by atoms with van der Waals surface area (Å²) >= 11 is 0. The van der Waals surface area contributed by atoms with Gasteiger partial charge in [-0.15, -0.1) is 0 Å². The van der Waals surface area contributed by atoms with Gasteiger partial charge in [0.15, 0.2) is 5.78 Å². The molecule has 0 bridgehead atoms. The van der Waals surface area contributed by atoms with E-state index >= 15 is 0 Å². The predicted octanol–water partition coefficient (Wildman–Crippen LogP) is 3.12. The molecule has 1 aliphatic carbocycles. The molecule has 1 aliphatic heterocycles. The summed E-state index contributed by atoms with van der Waals surface area (Å²) in [4.78, 5) is 24.3. The Bertz CT molecular complexity index is 644. The Kier molecular flexibility index (Phi) is 2.71. The fourth-order valence-corrected chi connectivity index (χ4v) is 3.09. The van der Waals surface area contributed by atoms with Crippen molar-refractivity contribution in [3.63, 3.8) is 0 Å². The molecule has 4 heteroatoms. The van der Waals surface area contributed by atoms with E-state index in [2.05, 4.69) is 0 Å². The number of carbonyl (C=O) groups is 2. The molecule has 0 saturated heterocycles. The van der Waals surface area contributed by atoms with Gasteiger partial charge in [-0.05, 0) is 31.9 Å². The van der Waals surface area contributed by atoms with Gasteiger partial charge in [-0.2, -0.15) is 0 Å². The first kappa shape index (κ1) is 12.9. The maximum absolute atomic E-state index is 12.5. The molecule has 1 saturated carbocycles. The average molecular weight is 272 g/mol. The lowest BCUT2D eigenvalue weighted by Crippen LogP contribution is -2.33. The molecule has 0 radical (unpaired) electrons. The minimum absolute atomic E-state index is 0.0300. The SMILES string of the molecule is CC(C)=C1CC2(C)C(=CC(=O)OC2c2ccoc2)C1=O. The number of esters is 1. The molecule has 0 spiro atoms. The van der Waals surface area contributed by atoms with E-state index in [1.165, 1.54) is 6.08 Å². The normalized spacial score (nSPS) is 29.1. The molecule has 4 nitrogen and oxygen atoms in total. The lowest BCUT2D eigenvalue weighted by Gasteiger charge is -2.36. The van der Waals surface area contributed by atoms with Crippen LogP contribution in [0, 0.1) is 5.41 Å². The Balaban J connectivity index is 2.15. The lowest BCUT2D eigenvalue weighted by molar-refractivity contribution is -0.151. The topological polar surface area (TPSA) is 56.5 Å². The molecule has 1 aromatic rings. The van der Waals surface area contributed by atoms with Crippen molar-refractivity contribution in [2.45, 2.75) is 33.3 Å². The molecule has 1 fully saturated rings. The maximum atomic E-state index is 12.5. The zero-order valence-corrected chi connectivity index (χ0v) is 11.7. The molecule has 0 amide bonds. The van der Waals surface area contributed by atoms with Crippen LogP contribution in [0.4, 0.5) is 0 Å². The summed E-state index contributed by atoms with van der Waals surface area (Å²) in [6.45, 7) is 5.81. The molecule has 2 unspecified atom stereocenters. The number of cyclic esters (lactones) is 1. The molecule has 1 aromatic heterocycles. The number of furan rings is 1. The largest absolute Gasteiger partial charge is 0.472 e. The van der Waals surface area contributed by atoms with Crippen LogP contribution < -0.4 is 0 Å². The fourth-order valence-electron chi connectivity index (χ4n) is 3.09. The smallest absolute Gasteiger partial charge is 0.331 e. The zero-order chi connectivity index (χ0) is 14.5. The van der Waals surface area contributed by atoms with Crippen LogP contribution in [0.3, 0.4) is 0 Å². The highest BCUT2D eigenvalue weighted by Crippen LogP contribution is 2.55. The van der Waals surface area contributed by atoms with Crippen LogP contribution in [0.5, 0.6) is 0 Å². The number of Topliss-reactive ketones (excluding diaryl/α,β-unsaturated/α-hetero) is 1. The molecular weight excluding hydrogens is 256 g/mol. The lowest BCUT2D eigenvalue weighted by atomic mass is 9.75. The van der Waals surface area contributed by atoms with Gasteiger partial charge in [0, 0.05) is 22.6 Å². The Labute approximate surface area is 117 Å². The van der Waals surface area contributed by atoms with Gasteiger partial charge in [0.25, 0.3) is 0 Å². The third kappa shape index (κ3) is 1.68. The van der Waals surface area contributed by atoms with Crippen molar-refractivity contribution in [2.24, 2.45) is 5.41 Å². The first-order valence-electron chi connectivity index (χ1n) is 6.59. The summed E-state index contributed by atoms with van der Waals surface area (Å²) in [7, 11) is 0. The van der Waals surface area contributed by atoms with Crippen molar-refractivity contribution in [1.29, 1.82) is 0 Å². The minimum Gasteiger partial charge on any atom is -0.472 e. The summed E-state index contributed by atoms with van der Waals surface area (Å²) in [5.41, 5.74) is 2.60. The van der Waals surface area contributed by atoms with E-state index < -0.39 is 17.5 Å². The Morgan fingerprint density at radius 2 is 2.10 bits per heavy atom. The molecule has 0 aromatic carbocycles. The number of ketones is 1. The van der Waals surface area contributed by atoms with Crippen LogP contribution in [0.15, 0.2) is 45.8 Å². The molecule has 2 aliphatic rings. The van der Waals surface area contributed by atoms with Crippen LogP contribution >= 0.6 is 0 Å². The van der Waals surface area contributed by atoms with Crippen molar-refractivity contribution in [3.05, 3.63) is 47.0 Å². The third-order valence-electron chi connectivity index (χ3n) is 4.20. The summed E-state index contributed by atoms with van der Waals surface area (Å²) in [6, 6.07) is 1.77. The van der Waals surface area contributed by atoms with E-state index in [1.54, 1.807) is 18.6 Å². The molecule has 2 heterocycles. The second kappa shape index (κ2) is 4.20. The standard InChI is InChI=1S/C16H16O4/c1-9(2)11-7-16(3)12(14(11)18)6-13(17)20-15(16)10-4-5-19-8-10/h4-6,8,15H,7H2,1-3H3. The monoisotopic (exact) mass is 272 g/mol. The van der Waals surface area contributed by atoms with Gasteiger partial charge >= 0.3 is 5.97 Å². The highest BCUT2D eigenvalue weighted by atomic mass is 16.5. The van der Waals surface area contributed by atoms with E-state index in [1.807, 2.05) is 20.8 Å². The van der Waals surface area contributed by atoms with E-state index in [-0.39, 0.29) is 5.78 Å². The summed E-state index contributed by atoms with van der Waals surface area (Å²) in [5, 5.41) is 0. The Morgan fingerprint density at radius 3 is 2.70 bits per heavy atom. The quantitative estimate of drug-likeness (QED) is 0.582. The number of ether oxygens (including phenoxy) is 1. The first-order valence-corrected chi connectivity index (χ1v) is 6.59. The number of hydrogen-bond acceptors (Lipinski definition) is 4. The van der Waals surface area contributed by atoms with Gasteiger partial charge in [0.1, 0.15) is 6.10 Å². The number of allylic oxidation sites excluding steroid dienone is 2. The summed E-state index contributed by atoms with van der Waals surface area (Å²) in [5.74, 6) is -0.496. The molecule has 0 N–H and O–H groups in total. The molecule has 2 atom stereocenters. The molecule has 104 valence electrons. The average Bonchev–Trinajstić information content (AvgIpc) is 2.98. The van der Waals surface area contributed by atoms with Gasteiger partial charge in [0.2, 0.25) is 0 Å². The second-order valence-corrected chi connectivity index (χ2v) is 5.83. The molecular formula is C16H16O4. The number of rotatable bonds is 1. The van der Waals surface area contributed by atoms with Crippen LogP contribution in [0.25, 0.3) is 0 Å². The van der Waals surface area contributed by atoms with Crippen molar-refractivity contribution < 1.29 is 18.7 Å². The van der Waals surface area contributed by atoms with Crippen molar-refractivity contribution in [1.82, 2.24) is 0 Å². The van der Waals surface area contributed by atoms with Crippen LogP contribution in [0.2, 0.25) is 0 Å². The van der Waals surface area contributed by atoms with E-state index in [4.69, 9.17) is 9.15 Å². The number of hydrogen-bond donors (Lipinski definition) is 0. The Morgan fingerprint density at radius 1 is 1.35 bits per heavy atom. The van der Waals surface area contributed by atoms with Crippen LogP contribution in [0.1, 0.15) is 38.9 Å². The molecule has 3 rings (SSSR count). The van der Waals surface area contributed by atoms with Gasteiger partial charge in [0.05, 0.1) is 12.5 Å². The van der Waals surface area contributed by atoms with E-state index in [0.717, 1.165) is 16.7 Å². The number of fused-ring (bicyclic) bond motifs is 1. The highest BCUT2D eigenvalue weighted by Gasteiger charge is 2.53. The van der Waals surface area contributed by atoms with Crippen molar-refractivity contribution in [2.75, 3.05) is 0 Å². The highest BCUT2D eigenvalue weighted by molar-refractivity contribution is 6.15. The van der Waals surface area contributed by atoms with Crippen LogP contribution in [-0.2, 0) is 14.3 Å². The third-order valence-corrected chi connectivity index (χ3v) is 4.20. The predicted molar refractivity (Wildman–Crippen MR) is 71.7 cm³/mol. The van der Waals surface area contributed by atoms with Gasteiger partial charge < -0.3 is 9.15 Å². The maximum Gasteiger partial charge on any atom is 0.331 e. The van der Waals surface area contributed by atoms with Crippen LogP contribution in [-0.4, -0.2) is 11.8 Å².